The third-order valence-electron chi connectivity index (χ3n) is 4.83. The fourth-order valence-electron chi connectivity index (χ4n) is 3.10. The SMILES string of the molecule is [2H]c1c([2H])c(-c2ccc(C(F)(F)C(O)(c3ccc(F)cc3F)C([2H])([2H])n3cncn3)nc2)c([2H])c([2H])c1OCC(F)(F)F. The van der Waals surface area contributed by atoms with Gasteiger partial charge in [0.1, 0.15) is 35.7 Å². The molecule has 0 spiro atoms. The summed E-state index contributed by atoms with van der Waals surface area (Å²) in [6.45, 7) is -5.57. The summed E-state index contributed by atoms with van der Waals surface area (Å²) >= 11 is 0. The standard InChI is InChI=1S/C24H17F7N4O2/c25-17-4-7-19(20(26)9-17)22(36,11-35-14-32-13-34-35)24(30,31)21-8-3-16(10-33-21)15-1-5-18(6-2-15)37-12-23(27,28)29/h1-10,13-14,36H,11-12H2/i1D,2D,5D,6D,11D2. The van der Waals surface area contributed by atoms with Crippen molar-refractivity contribution in [3.63, 3.8) is 0 Å². The first-order valence-electron chi connectivity index (χ1n) is 13.0. The first kappa shape index (κ1) is 19.2. The lowest BCUT2D eigenvalue weighted by Crippen LogP contribution is -2.48. The van der Waals surface area contributed by atoms with Crippen molar-refractivity contribution in [2.24, 2.45) is 0 Å². The quantitative estimate of drug-likeness (QED) is 0.315. The lowest BCUT2D eigenvalue weighted by molar-refractivity contribution is -0.207. The zero-order valence-electron chi connectivity index (χ0n) is 24.1. The highest BCUT2D eigenvalue weighted by Crippen LogP contribution is 2.46. The molecular weight excluding hydrogens is 509 g/mol. The maximum atomic E-state index is 16.2. The van der Waals surface area contributed by atoms with E-state index in [4.69, 9.17) is 8.22 Å². The number of aliphatic hydroxyl groups is 1. The van der Waals surface area contributed by atoms with Crippen molar-refractivity contribution in [2.45, 2.75) is 24.2 Å². The van der Waals surface area contributed by atoms with E-state index < -0.39 is 89.2 Å². The molecule has 4 aromatic rings. The fourth-order valence-corrected chi connectivity index (χ4v) is 3.10. The Labute approximate surface area is 213 Å². The van der Waals surface area contributed by atoms with Crippen molar-refractivity contribution < 1.29 is 48.8 Å². The van der Waals surface area contributed by atoms with Crippen molar-refractivity contribution in [2.75, 3.05) is 6.61 Å². The average Bonchev–Trinajstić information content (AvgIpc) is 3.47. The van der Waals surface area contributed by atoms with Crippen LogP contribution >= 0.6 is 0 Å². The van der Waals surface area contributed by atoms with Gasteiger partial charge in [0, 0.05) is 23.4 Å². The molecule has 0 radical (unpaired) electrons. The predicted octanol–water partition coefficient (Wildman–Crippen LogP) is 5.24. The van der Waals surface area contributed by atoms with Crippen molar-refractivity contribution in [1.82, 2.24) is 19.7 Å². The molecule has 2 aromatic carbocycles. The highest BCUT2D eigenvalue weighted by molar-refractivity contribution is 5.63. The van der Waals surface area contributed by atoms with Gasteiger partial charge in [0.15, 0.2) is 12.2 Å². The predicted molar refractivity (Wildman–Crippen MR) is 115 cm³/mol. The van der Waals surface area contributed by atoms with Crippen LogP contribution in [-0.4, -0.2) is 37.6 Å². The summed E-state index contributed by atoms with van der Waals surface area (Å²) in [6.07, 6.45) is -2.86. The zero-order chi connectivity index (χ0) is 32.1. The van der Waals surface area contributed by atoms with Crippen LogP contribution in [-0.2, 0) is 18.0 Å². The van der Waals surface area contributed by atoms with Gasteiger partial charge >= 0.3 is 12.1 Å². The Morgan fingerprint density at radius 2 is 1.73 bits per heavy atom. The van der Waals surface area contributed by atoms with E-state index in [-0.39, 0.29) is 16.3 Å². The van der Waals surface area contributed by atoms with Crippen molar-refractivity contribution >= 4 is 0 Å². The number of halogens is 7. The van der Waals surface area contributed by atoms with E-state index in [0.717, 1.165) is 12.4 Å². The van der Waals surface area contributed by atoms with Crippen LogP contribution in [0.4, 0.5) is 30.7 Å². The third-order valence-corrected chi connectivity index (χ3v) is 4.83. The largest absolute Gasteiger partial charge is 0.484 e. The van der Waals surface area contributed by atoms with Crippen molar-refractivity contribution in [1.29, 1.82) is 0 Å². The van der Waals surface area contributed by atoms with E-state index in [1.807, 2.05) is 0 Å². The van der Waals surface area contributed by atoms with E-state index >= 15 is 8.78 Å². The van der Waals surface area contributed by atoms with Gasteiger partial charge in [-0.1, -0.05) is 18.2 Å². The summed E-state index contributed by atoms with van der Waals surface area (Å²) < 4.78 is 152. The van der Waals surface area contributed by atoms with Crippen LogP contribution in [0.2, 0.25) is 0 Å². The van der Waals surface area contributed by atoms with Gasteiger partial charge < -0.3 is 9.84 Å². The van der Waals surface area contributed by atoms with Crippen LogP contribution in [0.25, 0.3) is 11.1 Å². The van der Waals surface area contributed by atoms with E-state index in [1.165, 1.54) is 0 Å². The Morgan fingerprint density at radius 3 is 2.30 bits per heavy atom. The minimum atomic E-state index is -4.85. The minimum Gasteiger partial charge on any atom is -0.484 e. The Balaban J connectivity index is 1.84. The van der Waals surface area contributed by atoms with Gasteiger partial charge in [-0.3, -0.25) is 4.98 Å². The summed E-state index contributed by atoms with van der Waals surface area (Å²) in [5.41, 5.74) is -7.82. The zero-order valence-corrected chi connectivity index (χ0v) is 18.1. The molecule has 194 valence electrons. The summed E-state index contributed by atoms with van der Waals surface area (Å²) in [6, 6.07) is -1.42. The molecule has 37 heavy (non-hydrogen) atoms. The first-order valence-corrected chi connectivity index (χ1v) is 10.0. The molecule has 1 N–H and O–H groups in total. The van der Waals surface area contributed by atoms with Crippen LogP contribution < -0.4 is 4.74 Å². The molecule has 1 unspecified atom stereocenters. The van der Waals surface area contributed by atoms with Crippen LogP contribution in [0.15, 0.2) is 73.4 Å². The highest BCUT2D eigenvalue weighted by atomic mass is 19.4. The van der Waals surface area contributed by atoms with Crippen LogP contribution in [0.5, 0.6) is 5.75 Å². The molecule has 1 atom stereocenters. The van der Waals surface area contributed by atoms with Crippen molar-refractivity contribution in [3.8, 4) is 16.9 Å². The van der Waals surface area contributed by atoms with Gasteiger partial charge in [0.25, 0.3) is 0 Å². The number of alkyl halides is 5. The first-order chi connectivity index (χ1) is 19.8. The molecule has 2 heterocycles. The normalized spacial score (nSPS) is 16.5. The van der Waals surface area contributed by atoms with Crippen LogP contribution in [0.3, 0.4) is 0 Å². The number of hydrogen-bond donors (Lipinski definition) is 1. The minimum absolute atomic E-state index is 0.148. The molecule has 0 saturated heterocycles. The fraction of sp³-hybridized carbons (Fsp3) is 0.208. The van der Waals surface area contributed by atoms with Crippen LogP contribution in [0, 0.1) is 11.6 Å². The Morgan fingerprint density at radius 1 is 1.00 bits per heavy atom. The Hall–Kier alpha value is -4.00. The lowest BCUT2D eigenvalue weighted by atomic mass is 9.84. The number of benzene rings is 2. The van der Waals surface area contributed by atoms with E-state index in [2.05, 4.69) is 19.8 Å². The van der Waals surface area contributed by atoms with Gasteiger partial charge in [-0.2, -0.15) is 27.1 Å². The molecule has 0 aliphatic carbocycles. The maximum absolute atomic E-state index is 16.2. The van der Waals surface area contributed by atoms with Gasteiger partial charge in [-0.15, -0.1) is 0 Å². The maximum Gasteiger partial charge on any atom is 0.422 e. The van der Waals surface area contributed by atoms with E-state index in [0.29, 0.717) is 30.7 Å². The molecule has 0 aliphatic rings. The number of rotatable bonds is 8. The monoisotopic (exact) mass is 532 g/mol. The molecule has 0 amide bonds. The molecule has 0 fully saturated rings. The van der Waals surface area contributed by atoms with E-state index in [1.54, 1.807) is 0 Å². The second-order valence-corrected chi connectivity index (χ2v) is 7.40. The summed E-state index contributed by atoms with van der Waals surface area (Å²) in [5.74, 6) is -8.79. The van der Waals surface area contributed by atoms with Gasteiger partial charge in [0.2, 0.25) is 0 Å². The topological polar surface area (TPSA) is 73.1 Å². The number of aromatic nitrogens is 4. The van der Waals surface area contributed by atoms with Gasteiger partial charge in [-0.05, 0) is 35.8 Å². The second kappa shape index (κ2) is 9.81. The summed E-state index contributed by atoms with van der Waals surface area (Å²) in [7, 11) is 0. The second-order valence-electron chi connectivity index (χ2n) is 7.40. The van der Waals surface area contributed by atoms with Gasteiger partial charge in [-0.25, -0.2) is 18.4 Å². The third kappa shape index (κ3) is 5.56. The number of pyridine rings is 1. The Bertz CT molecular complexity index is 1630. The highest BCUT2D eigenvalue weighted by Gasteiger charge is 2.57. The molecule has 2 aromatic heterocycles. The summed E-state index contributed by atoms with van der Waals surface area (Å²) in [4.78, 5) is 6.95. The molecule has 0 bridgehead atoms. The van der Waals surface area contributed by atoms with Crippen LogP contribution in [0.1, 0.15) is 19.5 Å². The number of hydrogen-bond acceptors (Lipinski definition) is 5. The molecule has 0 aliphatic heterocycles. The molecule has 0 saturated carbocycles. The number of ether oxygens (including phenoxy) is 1. The number of nitrogens with zero attached hydrogens (tertiary/aromatic N) is 4. The van der Waals surface area contributed by atoms with Crippen molar-refractivity contribution in [3.05, 3.63) is 96.2 Å². The Kier molecular flexibility index (Phi) is 5.08. The summed E-state index contributed by atoms with van der Waals surface area (Å²) in [5, 5.41) is 14.8. The molecule has 6 nitrogen and oxygen atoms in total. The smallest absolute Gasteiger partial charge is 0.422 e. The molecular formula is C24H17F7N4O2. The lowest BCUT2D eigenvalue weighted by Gasteiger charge is -2.36. The van der Waals surface area contributed by atoms with Gasteiger partial charge in [0.05, 0.1) is 14.7 Å². The van der Waals surface area contributed by atoms with E-state index in [9.17, 15) is 27.1 Å². The molecule has 4 rings (SSSR count). The average molecular weight is 532 g/mol. The molecule has 13 heteroatoms.